The Bertz CT molecular complexity index is 765. The van der Waals surface area contributed by atoms with Crippen LogP contribution in [0.15, 0.2) is 36.4 Å². The number of benzene rings is 2. The molecule has 2 rings (SSSR count). The number of hydrogen-bond donors (Lipinski definition) is 0. The maximum absolute atomic E-state index is 13.9. The third-order valence-electron chi connectivity index (χ3n) is 3.37. The summed E-state index contributed by atoms with van der Waals surface area (Å²) in [5.41, 5.74) is 1.58. The average Bonchev–Trinajstić information content (AvgIpc) is 2.55. The van der Waals surface area contributed by atoms with Crippen molar-refractivity contribution >= 4 is 5.97 Å². The van der Waals surface area contributed by atoms with Gasteiger partial charge >= 0.3 is 5.97 Å². The lowest BCUT2D eigenvalue weighted by Crippen LogP contribution is -2.08. The lowest BCUT2D eigenvalue weighted by Gasteiger charge is -2.13. The van der Waals surface area contributed by atoms with Crippen LogP contribution in [-0.2, 0) is 16.0 Å². The van der Waals surface area contributed by atoms with Crippen molar-refractivity contribution in [1.82, 2.24) is 0 Å². The molecule has 2 aromatic rings. The Hall–Kier alpha value is -2.87. The summed E-state index contributed by atoms with van der Waals surface area (Å²) < 4.78 is 24.0. The van der Waals surface area contributed by atoms with Crippen LogP contribution >= 0.6 is 0 Å². The summed E-state index contributed by atoms with van der Waals surface area (Å²) in [4.78, 5) is 11.8. The van der Waals surface area contributed by atoms with E-state index in [2.05, 4.69) is 0 Å². The van der Waals surface area contributed by atoms with Gasteiger partial charge in [0.05, 0.1) is 25.7 Å². The van der Waals surface area contributed by atoms with Crippen LogP contribution in [0.25, 0.3) is 11.1 Å². The molecule has 0 N–H and O–H groups in total. The number of halogens is 1. The van der Waals surface area contributed by atoms with E-state index in [0.717, 1.165) is 0 Å². The van der Waals surface area contributed by atoms with Gasteiger partial charge in [0, 0.05) is 5.56 Å². The predicted octanol–water partition coefficient (Wildman–Crippen LogP) is 3.48. The number of hydrogen-bond acceptors (Lipinski definition) is 4. The van der Waals surface area contributed by atoms with E-state index >= 15 is 0 Å². The van der Waals surface area contributed by atoms with Crippen LogP contribution in [0.3, 0.4) is 0 Å². The fraction of sp³-hybridized carbons (Fsp3) is 0.222. The van der Waals surface area contributed by atoms with Gasteiger partial charge in [-0.15, -0.1) is 0 Å². The van der Waals surface area contributed by atoms with Crippen LogP contribution in [0.5, 0.6) is 5.75 Å². The SMILES string of the molecule is CCOC(=O)Cc1ccc(OC)cc1-c1cccc(F)c1C#N. The van der Waals surface area contributed by atoms with Gasteiger partial charge in [0.15, 0.2) is 0 Å². The molecule has 23 heavy (non-hydrogen) atoms. The highest BCUT2D eigenvalue weighted by Gasteiger charge is 2.16. The van der Waals surface area contributed by atoms with Crippen molar-refractivity contribution in [3.05, 3.63) is 53.3 Å². The number of methoxy groups -OCH3 is 1. The Morgan fingerprint density at radius 3 is 2.70 bits per heavy atom. The molecule has 0 aliphatic heterocycles. The molecular weight excluding hydrogens is 297 g/mol. The fourth-order valence-electron chi connectivity index (χ4n) is 2.32. The van der Waals surface area contributed by atoms with E-state index in [9.17, 15) is 14.4 Å². The van der Waals surface area contributed by atoms with Gasteiger partial charge in [-0.2, -0.15) is 5.26 Å². The number of rotatable bonds is 5. The fourth-order valence-corrected chi connectivity index (χ4v) is 2.32. The van der Waals surface area contributed by atoms with E-state index < -0.39 is 5.82 Å². The van der Waals surface area contributed by atoms with E-state index in [1.165, 1.54) is 19.2 Å². The first-order chi connectivity index (χ1) is 11.1. The molecule has 0 unspecified atom stereocenters. The normalized spacial score (nSPS) is 10.0. The molecule has 2 aromatic carbocycles. The minimum Gasteiger partial charge on any atom is -0.497 e. The summed E-state index contributed by atoms with van der Waals surface area (Å²) in [7, 11) is 1.51. The molecule has 5 heteroatoms. The topological polar surface area (TPSA) is 59.3 Å². The van der Waals surface area contributed by atoms with E-state index in [0.29, 0.717) is 22.4 Å². The van der Waals surface area contributed by atoms with Gasteiger partial charge in [-0.3, -0.25) is 4.79 Å². The molecule has 118 valence electrons. The first-order valence-corrected chi connectivity index (χ1v) is 7.12. The molecule has 0 aliphatic carbocycles. The Labute approximate surface area is 134 Å². The molecule has 0 heterocycles. The van der Waals surface area contributed by atoms with Crippen molar-refractivity contribution in [1.29, 1.82) is 5.26 Å². The minimum atomic E-state index is -0.602. The van der Waals surface area contributed by atoms with Gasteiger partial charge in [-0.25, -0.2) is 4.39 Å². The largest absolute Gasteiger partial charge is 0.497 e. The summed E-state index contributed by atoms with van der Waals surface area (Å²) >= 11 is 0. The van der Waals surface area contributed by atoms with Crippen molar-refractivity contribution < 1.29 is 18.7 Å². The maximum atomic E-state index is 13.9. The minimum absolute atomic E-state index is 0.0363. The second-order valence-electron chi connectivity index (χ2n) is 4.78. The van der Waals surface area contributed by atoms with Gasteiger partial charge in [0.2, 0.25) is 0 Å². The summed E-state index contributed by atoms with van der Waals surface area (Å²) in [6.07, 6.45) is 0.0363. The Kier molecular flexibility index (Phi) is 5.32. The number of esters is 1. The molecule has 4 nitrogen and oxygen atoms in total. The zero-order valence-electron chi connectivity index (χ0n) is 12.9. The Balaban J connectivity index is 2.58. The van der Waals surface area contributed by atoms with E-state index in [-0.39, 0.29) is 24.6 Å². The molecule has 0 bridgehead atoms. The molecule has 0 amide bonds. The number of carbonyl (C=O) groups excluding carboxylic acids is 1. The second-order valence-corrected chi connectivity index (χ2v) is 4.78. The lowest BCUT2D eigenvalue weighted by atomic mass is 9.94. The molecule has 0 aromatic heterocycles. The van der Waals surface area contributed by atoms with Crippen molar-refractivity contribution in [3.63, 3.8) is 0 Å². The van der Waals surface area contributed by atoms with Crippen LogP contribution in [0.4, 0.5) is 4.39 Å². The maximum Gasteiger partial charge on any atom is 0.310 e. The van der Waals surface area contributed by atoms with Gasteiger partial charge < -0.3 is 9.47 Å². The molecule has 0 fully saturated rings. The molecule has 0 aliphatic rings. The predicted molar refractivity (Wildman–Crippen MR) is 83.4 cm³/mol. The number of nitriles is 1. The monoisotopic (exact) mass is 313 g/mol. The first kappa shape index (κ1) is 16.5. The quantitative estimate of drug-likeness (QED) is 0.793. The van der Waals surface area contributed by atoms with E-state index in [4.69, 9.17) is 9.47 Å². The van der Waals surface area contributed by atoms with Crippen molar-refractivity contribution in [3.8, 4) is 22.9 Å². The first-order valence-electron chi connectivity index (χ1n) is 7.12. The van der Waals surface area contributed by atoms with Gasteiger partial charge in [0.25, 0.3) is 0 Å². The van der Waals surface area contributed by atoms with Crippen molar-refractivity contribution in [2.24, 2.45) is 0 Å². The summed E-state index contributed by atoms with van der Waals surface area (Å²) in [5.74, 6) is -0.426. The molecule has 0 saturated heterocycles. The molecular formula is C18H16FNO3. The second kappa shape index (κ2) is 7.41. The van der Waals surface area contributed by atoms with E-state index in [1.807, 2.05) is 6.07 Å². The lowest BCUT2D eigenvalue weighted by molar-refractivity contribution is -0.142. The van der Waals surface area contributed by atoms with Crippen LogP contribution in [-0.4, -0.2) is 19.7 Å². The third kappa shape index (κ3) is 3.67. The third-order valence-corrected chi connectivity index (χ3v) is 3.37. The summed E-state index contributed by atoms with van der Waals surface area (Å²) in [6.45, 7) is 2.01. The highest BCUT2D eigenvalue weighted by atomic mass is 19.1. The molecule has 0 spiro atoms. The smallest absolute Gasteiger partial charge is 0.310 e. The van der Waals surface area contributed by atoms with E-state index in [1.54, 1.807) is 31.2 Å². The van der Waals surface area contributed by atoms with Crippen molar-refractivity contribution in [2.45, 2.75) is 13.3 Å². The highest BCUT2D eigenvalue weighted by Crippen LogP contribution is 2.32. The Morgan fingerprint density at radius 1 is 1.26 bits per heavy atom. The zero-order chi connectivity index (χ0) is 16.8. The standard InChI is InChI=1S/C18H16FNO3/c1-3-23-18(21)9-12-7-8-13(22-2)10-15(12)14-5-4-6-17(19)16(14)11-20/h4-8,10H,3,9H2,1-2H3. The van der Waals surface area contributed by atoms with Gasteiger partial charge in [0.1, 0.15) is 17.6 Å². The molecule has 0 radical (unpaired) electrons. The molecule has 0 saturated carbocycles. The van der Waals surface area contributed by atoms with Gasteiger partial charge in [-0.05, 0) is 36.2 Å². The number of ether oxygens (including phenoxy) is 2. The van der Waals surface area contributed by atoms with Crippen LogP contribution < -0.4 is 4.74 Å². The molecule has 0 atom stereocenters. The van der Waals surface area contributed by atoms with Gasteiger partial charge in [-0.1, -0.05) is 18.2 Å². The zero-order valence-corrected chi connectivity index (χ0v) is 12.9. The summed E-state index contributed by atoms with van der Waals surface area (Å²) in [6, 6.07) is 11.4. The Morgan fingerprint density at radius 2 is 2.04 bits per heavy atom. The highest BCUT2D eigenvalue weighted by molar-refractivity contribution is 5.80. The van der Waals surface area contributed by atoms with Crippen LogP contribution in [0.2, 0.25) is 0 Å². The number of carbonyl (C=O) groups is 1. The average molecular weight is 313 g/mol. The summed E-state index contributed by atoms with van der Waals surface area (Å²) in [5, 5.41) is 9.23. The van der Waals surface area contributed by atoms with Crippen molar-refractivity contribution in [2.75, 3.05) is 13.7 Å². The van der Waals surface area contributed by atoms with Crippen LogP contribution in [0.1, 0.15) is 18.1 Å². The van der Waals surface area contributed by atoms with Crippen LogP contribution in [0, 0.1) is 17.1 Å². The number of nitrogens with zero attached hydrogens (tertiary/aromatic N) is 1.